The Bertz CT molecular complexity index is 703. The Morgan fingerprint density at radius 3 is 2.76 bits per heavy atom. The van der Waals surface area contributed by atoms with E-state index in [1.165, 1.54) is 16.9 Å². The van der Waals surface area contributed by atoms with Gasteiger partial charge in [0.15, 0.2) is 0 Å². The molecule has 2 aliphatic heterocycles. The second-order valence-electron chi connectivity index (χ2n) is 7.27. The first kappa shape index (κ1) is 16.7. The maximum atomic E-state index is 12.6. The Hall–Kier alpha value is -1.72. The molecule has 4 rings (SSSR count). The third-order valence-corrected chi connectivity index (χ3v) is 6.60. The first-order valence-electron chi connectivity index (χ1n) is 9.19. The predicted octanol–water partition coefficient (Wildman–Crippen LogP) is 3.69. The number of pyridine rings is 1. The van der Waals surface area contributed by atoms with Gasteiger partial charge in [0.1, 0.15) is 0 Å². The van der Waals surface area contributed by atoms with Crippen molar-refractivity contribution < 1.29 is 4.79 Å². The van der Waals surface area contributed by atoms with Crippen molar-refractivity contribution in [2.24, 2.45) is 0 Å². The highest BCUT2D eigenvalue weighted by atomic mass is 32.1. The van der Waals surface area contributed by atoms with Crippen LogP contribution in [-0.4, -0.2) is 39.3 Å². The monoisotopic (exact) mass is 355 g/mol. The minimum absolute atomic E-state index is 0.0601. The molecule has 2 aromatic rings. The normalized spacial score (nSPS) is 24.8. The molecule has 132 valence electrons. The van der Waals surface area contributed by atoms with Gasteiger partial charge in [-0.2, -0.15) is 0 Å². The highest BCUT2D eigenvalue weighted by Gasteiger charge is 2.45. The number of nitrogens with zero attached hydrogens (tertiary/aromatic N) is 3. The number of amides is 1. The number of rotatable bonds is 4. The summed E-state index contributed by atoms with van der Waals surface area (Å²) in [5.74, 6) is 0.323. The molecule has 1 unspecified atom stereocenters. The van der Waals surface area contributed by atoms with Crippen LogP contribution in [0.4, 0.5) is 0 Å². The van der Waals surface area contributed by atoms with E-state index in [0.29, 0.717) is 12.3 Å². The zero-order valence-corrected chi connectivity index (χ0v) is 15.4. The zero-order valence-electron chi connectivity index (χ0n) is 14.6. The average molecular weight is 356 g/mol. The molecule has 2 fully saturated rings. The fraction of sp³-hybridized carbons (Fsp3) is 0.500. The number of hydrogen-bond donors (Lipinski definition) is 0. The van der Waals surface area contributed by atoms with Crippen LogP contribution in [0, 0.1) is 0 Å². The van der Waals surface area contributed by atoms with Crippen molar-refractivity contribution in [1.82, 2.24) is 14.8 Å². The van der Waals surface area contributed by atoms with Gasteiger partial charge in [0, 0.05) is 48.9 Å². The number of carbonyl (C=O) groups excluding carboxylic acids is 1. The lowest BCUT2D eigenvalue weighted by atomic mass is 9.87. The van der Waals surface area contributed by atoms with Gasteiger partial charge in [-0.1, -0.05) is 6.07 Å². The lowest BCUT2D eigenvalue weighted by Crippen LogP contribution is -2.45. The second-order valence-corrected chi connectivity index (χ2v) is 8.30. The smallest absolute Gasteiger partial charge is 0.223 e. The molecule has 0 aliphatic carbocycles. The Morgan fingerprint density at radius 2 is 1.96 bits per heavy atom. The summed E-state index contributed by atoms with van der Waals surface area (Å²) in [6, 6.07) is 8.41. The summed E-state index contributed by atoms with van der Waals surface area (Å²) in [6.07, 6.45) is 8.75. The molecule has 25 heavy (non-hydrogen) atoms. The van der Waals surface area contributed by atoms with E-state index in [2.05, 4.69) is 32.3 Å². The molecule has 1 amide bonds. The first-order valence-corrected chi connectivity index (χ1v) is 10.1. The molecule has 0 aromatic carbocycles. The molecule has 0 bridgehead atoms. The van der Waals surface area contributed by atoms with E-state index in [-0.39, 0.29) is 5.54 Å². The molecular weight excluding hydrogens is 330 g/mol. The summed E-state index contributed by atoms with van der Waals surface area (Å²) >= 11 is 1.84. The number of hydrogen-bond acceptors (Lipinski definition) is 4. The molecular formula is C20H25N3OS. The number of thiophene rings is 1. The van der Waals surface area contributed by atoms with Crippen molar-refractivity contribution in [3.8, 4) is 0 Å². The topological polar surface area (TPSA) is 36.4 Å². The molecule has 2 aromatic heterocycles. The summed E-state index contributed by atoms with van der Waals surface area (Å²) in [4.78, 5) is 22.9. The van der Waals surface area contributed by atoms with Crippen LogP contribution >= 0.6 is 11.3 Å². The maximum absolute atomic E-state index is 12.6. The number of likely N-dealkylation sites (tertiary alicyclic amines) is 2. The van der Waals surface area contributed by atoms with E-state index in [1.54, 1.807) is 0 Å². The zero-order chi connectivity index (χ0) is 17.1. The molecule has 1 atom stereocenters. The number of carbonyl (C=O) groups is 1. The molecule has 1 spiro atoms. The van der Waals surface area contributed by atoms with Crippen LogP contribution in [0.1, 0.15) is 42.5 Å². The lowest BCUT2D eigenvalue weighted by Gasteiger charge is -2.38. The van der Waals surface area contributed by atoms with Gasteiger partial charge >= 0.3 is 0 Å². The van der Waals surface area contributed by atoms with Crippen molar-refractivity contribution in [2.45, 2.75) is 50.7 Å². The first-order chi connectivity index (χ1) is 12.3. The molecule has 2 aliphatic rings. The Kier molecular flexibility index (Phi) is 4.86. The van der Waals surface area contributed by atoms with Crippen molar-refractivity contribution >= 4 is 17.2 Å². The van der Waals surface area contributed by atoms with Crippen LogP contribution in [0.2, 0.25) is 0 Å². The Labute approximate surface area is 153 Å². The molecule has 2 saturated heterocycles. The molecule has 4 nitrogen and oxygen atoms in total. The largest absolute Gasteiger partial charge is 0.333 e. The van der Waals surface area contributed by atoms with Gasteiger partial charge in [-0.3, -0.25) is 14.7 Å². The molecule has 5 heteroatoms. The molecule has 0 saturated carbocycles. The fourth-order valence-corrected chi connectivity index (χ4v) is 5.08. The standard InChI is InChI=1S/C20H25N3OS/c24-19-4-8-20(23(19)15-17-5-10-21-11-6-17)7-2-12-22(13-9-20)16-18-3-1-14-25-18/h1,3,5-6,10-11,14H,2,4,7-9,12-13,15-16H2. The molecule has 0 N–H and O–H groups in total. The fourth-order valence-electron chi connectivity index (χ4n) is 4.34. The average Bonchev–Trinajstić information content (AvgIpc) is 3.18. The van der Waals surface area contributed by atoms with E-state index >= 15 is 0 Å². The summed E-state index contributed by atoms with van der Waals surface area (Å²) in [7, 11) is 0. The van der Waals surface area contributed by atoms with Crippen molar-refractivity contribution in [3.63, 3.8) is 0 Å². The van der Waals surface area contributed by atoms with E-state index in [4.69, 9.17) is 0 Å². The van der Waals surface area contributed by atoms with E-state index in [9.17, 15) is 4.79 Å². The summed E-state index contributed by atoms with van der Waals surface area (Å²) in [5.41, 5.74) is 1.24. The highest BCUT2D eigenvalue weighted by molar-refractivity contribution is 7.09. The van der Waals surface area contributed by atoms with Crippen LogP contribution in [-0.2, 0) is 17.9 Å². The van der Waals surface area contributed by atoms with E-state index < -0.39 is 0 Å². The highest BCUT2D eigenvalue weighted by Crippen LogP contribution is 2.40. The third-order valence-electron chi connectivity index (χ3n) is 5.74. The molecule has 4 heterocycles. The lowest BCUT2D eigenvalue weighted by molar-refractivity contribution is -0.132. The van der Waals surface area contributed by atoms with Crippen LogP contribution in [0.15, 0.2) is 42.0 Å². The predicted molar refractivity (Wildman–Crippen MR) is 100 cm³/mol. The van der Waals surface area contributed by atoms with Gasteiger partial charge in [0.25, 0.3) is 0 Å². The minimum atomic E-state index is 0.0601. The van der Waals surface area contributed by atoms with Gasteiger partial charge in [-0.15, -0.1) is 11.3 Å². The summed E-state index contributed by atoms with van der Waals surface area (Å²) in [6.45, 7) is 3.99. The van der Waals surface area contributed by atoms with Gasteiger partial charge in [0.2, 0.25) is 5.91 Å². The SMILES string of the molecule is O=C1CCC2(CCCN(Cc3cccs3)CC2)N1Cc1ccncc1. The van der Waals surface area contributed by atoms with Crippen LogP contribution in [0.25, 0.3) is 0 Å². The van der Waals surface area contributed by atoms with Crippen LogP contribution < -0.4 is 0 Å². The van der Waals surface area contributed by atoms with Gasteiger partial charge < -0.3 is 4.90 Å². The quantitative estimate of drug-likeness (QED) is 0.839. The summed E-state index contributed by atoms with van der Waals surface area (Å²) in [5, 5.41) is 2.15. The maximum Gasteiger partial charge on any atom is 0.223 e. The van der Waals surface area contributed by atoms with Gasteiger partial charge in [-0.25, -0.2) is 0 Å². The van der Waals surface area contributed by atoms with Crippen molar-refractivity contribution in [2.75, 3.05) is 13.1 Å². The third kappa shape index (κ3) is 3.62. The van der Waals surface area contributed by atoms with Crippen LogP contribution in [0.5, 0.6) is 0 Å². The van der Waals surface area contributed by atoms with Crippen molar-refractivity contribution in [3.05, 3.63) is 52.5 Å². The Morgan fingerprint density at radius 1 is 1.08 bits per heavy atom. The second kappa shape index (κ2) is 7.26. The van der Waals surface area contributed by atoms with Crippen molar-refractivity contribution in [1.29, 1.82) is 0 Å². The van der Waals surface area contributed by atoms with Crippen LogP contribution in [0.3, 0.4) is 0 Å². The number of aromatic nitrogens is 1. The minimum Gasteiger partial charge on any atom is -0.333 e. The van der Waals surface area contributed by atoms with E-state index in [0.717, 1.165) is 45.4 Å². The summed E-state index contributed by atoms with van der Waals surface area (Å²) < 4.78 is 0. The van der Waals surface area contributed by atoms with Gasteiger partial charge in [0.05, 0.1) is 0 Å². The Balaban J connectivity index is 1.47. The molecule has 0 radical (unpaired) electrons. The van der Waals surface area contributed by atoms with Gasteiger partial charge in [-0.05, 0) is 61.4 Å². The van der Waals surface area contributed by atoms with E-state index in [1.807, 2.05) is 35.9 Å².